The number of nitrogens with zero attached hydrogens (tertiary/aromatic N) is 8. The molecule has 0 saturated carbocycles. The summed E-state index contributed by atoms with van der Waals surface area (Å²) in [6.45, 7) is 0. The number of benzene rings is 4. The fourth-order valence-corrected chi connectivity index (χ4v) is 5.46. The van der Waals surface area contributed by atoms with Crippen LogP contribution in [0.5, 0.6) is 0 Å². The Morgan fingerprint density at radius 2 is 0.561 bits per heavy atom. The molecule has 7 aromatic rings. The molecule has 0 atom stereocenters. The summed E-state index contributed by atoms with van der Waals surface area (Å²) in [6, 6.07) is 31.8. The molecule has 2 aliphatic heterocycles. The third-order valence-electron chi connectivity index (χ3n) is 7.33. The van der Waals surface area contributed by atoms with Crippen molar-refractivity contribution in [1.29, 1.82) is 0 Å². The van der Waals surface area contributed by atoms with Crippen LogP contribution in [0.4, 0.5) is 0 Å². The zero-order valence-electron chi connectivity index (χ0n) is 21.2. The summed E-state index contributed by atoms with van der Waals surface area (Å²) in [5.41, 5.74) is 5.78. The Morgan fingerprint density at radius 1 is 0.317 bits per heavy atom. The molecule has 0 unspecified atom stereocenters. The van der Waals surface area contributed by atoms with E-state index in [1.807, 2.05) is 97.1 Å². The normalized spacial score (nSPS) is 11.7. The molecule has 0 fully saturated rings. The van der Waals surface area contributed by atoms with Crippen molar-refractivity contribution < 1.29 is 17.1 Å². The quantitative estimate of drug-likeness (QED) is 0.201. The third kappa shape index (κ3) is 3.53. The minimum atomic E-state index is 0. The van der Waals surface area contributed by atoms with Gasteiger partial charge in [0.2, 0.25) is 0 Å². The number of hydrogen-bond donors (Lipinski definition) is 0. The minimum absolute atomic E-state index is 0. The first kappa shape index (κ1) is 23.6. The first-order chi connectivity index (χ1) is 19.8. The van der Waals surface area contributed by atoms with Gasteiger partial charge in [0.15, 0.2) is 0 Å². The molecule has 41 heavy (non-hydrogen) atoms. The Bertz CT molecular complexity index is 2030. The number of rotatable bonds is 0. The Kier molecular flexibility index (Phi) is 5.12. The molecule has 5 heterocycles. The third-order valence-corrected chi connectivity index (χ3v) is 7.33. The van der Waals surface area contributed by atoms with Crippen LogP contribution in [0.15, 0.2) is 97.1 Å². The molecule has 0 amide bonds. The fraction of sp³-hybridized carbons (Fsp3) is 0. The van der Waals surface area contributed by atoms with E-state index in [0.717, 1.165) is 43.8 Å². The van der Waals surface area contributed by atoms with E-state index >= 15 is 0 Å². The second-order valence-corrected chi connectivity index (χ2v) is 9.67. The van der Waals surface area contributed by atoms with Gasteiger partial charge in [-0.15, -0.1) is 0 Å². The summed E-state index contributed by atoms with van der Waals surface area (Å²) < 4.78 is 0. The van der Waals surface area contributed by atoms with Gasteiger partial charge in [-0.25, -0.2) is 9.97 Å². The molecule has 0 aliphatic carbocycles. The number of fused-ring (bicyclic) bond motifs is 20. The van der Waals surface area contributed by atoms with Crippen molar-refractivity contribution in [2.24, 2.45) is 0 Å². The monoisotopic (exact) mass is 568 g/mol. The summed E-state index contributed by atoms with van der Waals surface area (Å²) in [6.07, 6.45) is 0. The average molecular weight is 568 g/mol. The minimum Gasteiger partial charge on any atom is -0.357 e. The van der Waals surface area contributed by atoms with Crippen molar-refractivity contribution in [2.45, 2.75) is 0 Å². The molecular formula is C32H16FeN8. The van der Waals surface area contributed by atoms with Crippen molar-refractivity contribution in [3.05, 3.63) is 97.1 Å². The van der Waals surface area contributed by atoms with E-state index in [1.54, 1.807) is 0 Å². The van der Waals surface area contributed by atoms with E-state index in [-0.39, 0.29) is 17.1 Å². The van der Waals surface area contributed by atoms with Crippen molar-refractivity contribution in [3.63, 3.8) is 0 Å². The van der Waals surface area contributed by atoms with Crippen molar-refractivity contribution in [3.8, 4) is 45.6 Å². The van der Waals surface area contributed by atoms with E-state index in [4.69, 9.17) is 39.9 Å². The molecule has 8 bridgehead atoms. The maximum atomic E-state index is 4.95. The predicted molar refractivity (Wildman–Crippen MR) is 154 cm³/mol. The van der Waals surface area contributed by atoms with Gasteiger partial charge in [0.05, 0.1) is 23.3 Å². The van der Waals surface area contributed by atoms with E-state index < -0.39 is 0 Å². The van der Waals surface area contributed by atoms with Crippen LogP contribution in [0, 0.1) is 0 Å². The van der Waals surface area contributed by atoms with Crippen LogP contribution >= 0.6 is 0 Å². The molecule has 8 nitrogen and oxygen atoms in total. The van der Waals surface area contributed by atoms with Crippen LogP contribution < -0.4 is 9.97 Å². The molecule has 0 N–H and O–H groups in total. The van der Waals surface area contributed by atoms with Gasteiger partial charge < -0.3 is 29.9 Å². The number of aromatic nitrogens is 8. The van der Waals surface area contributed by atoms with Crippen molar-refractivity contribution in [2.75, 3.05) is 0 Å². The first-order valence-electron chi connectivity index (χ1n) is 12.9. The molecule has 0 spiro atoms. The standard InChI is InChI=1S/C32H16N8.Fe/c1-2-10-18-17(9-1)25-33-26(18)38-28-21-13-5-6-14-22(21)30(35-28)40-32-24-16-8-7-15-23(24)31(36-32)39-29-20-12-4-3-11-19(20)27(34-29)37-25;/h1-16H;/q-2;+2. The summed E-state index contributed by atoms with van der Waals surface area (Å²) in [7, 11) is 0. The molecule has 3 aromatic heterocycles. The van der Waals surface area contributed by atoms with E-state index in [9.17, 15) is 0 Å². The molecule has 0 radical (unpaired) electrons. The molecule has 9 heteroatoms. The van der Waals surface area contributed by atoms with Gasteiger partial charge in [-0.1, -0.05) is 97.1 Å². The van der Waals surface area contributed by atoms with Crippen LogP contribution in [-0.2, 0) is 17.1 Å². The van der Waals surface area contributed by atoms with Gasteiger partial charge in [0.25, 0.3) is 0 Å². The maximum absolute atomic E-state index is 4.95. The molecular weight excluding hydrogens is 552 g/mol. The average Bonchev–Trinajstić information content (AvgIpc) is 3.73. The SMILES string of the molecule is [Fe+2].c1ccc2c(c1)-c1nc-2nc2[n-]c(nc3nc(nc4[n-]c(n1)c1ccccc41)-c1ccccc1-3)c1ccccc21. The van der Waals surface area contributed by atoms with Gasteiger partial charge in [0.1, 0.15) is 0 Å². The molecule has 4 aromatic carbocycles. The maximum Gasteiger partial charge on any atom is 2.00 e. The number of hydrogen-bond acceptors (Lipinski definition) is 6. The largest absolute Gasteiger partial charge is 2.00 e. The van der Waals surface area contributed by atoms with Crippen LogP contribution in [0.1, 0.15) is 0 Å². The van der Waals surface area contributed by atoms with Crippen LogP contribution in [0.25, 0.3) is 89.7 Å². The summed E-state index contributed by atoms with van der Waals surface area (Å²) in [5, 5.41) is 3.57. The zero-order chi connectivity index (χ0) is 26.2. The van der Waals surface area contributed by atoms with E-state index in [0.29, 0.717) is 45.9 Å². The van der Waals surface area contributed by atoms with Gasteiger partial charge in [0, 0.05) is 44.8 Å². The predicted octanol–water partition coefficient (Wildman–Crippen LogP) is 6.12. The summed E-state index contributed by atoms with van der Waals surface area (Å²) >= 11 is 0. The molecule has 192 valence electrons. The van der Waals surface area contributed by atoms with Gasteiger partial charge >= 0.3 is 17.1 Å². The van der Waals surface area contributed by atoms with E-state index in [2.05, 4.69) is 0 Å². The van der Waals surface area contributed by atoms with Crippen molar-refractivity contribution >= 4 is 44.1 Å². The van der Waals surface area contributed by atoms with Gasteiger partial charge in [-0.05, 0) is 21.5 Å². The Labute approximate surface area is 243 Å². The van der Waals surface area contributed by atoms with Crippen molar-refractivity contribution in [1.82, 2.24) is 39.9 Å². The van der Waals surface area contributed by atoms with Crippen LogP contribution in [-0.4, -0.2) is 29.9 Å². The Morgan fingerprint density at radius 3 is 0.829 bits per heavy atom. The topological polar surface area (TPSA) is 106 Å². The Balaban J connectivity index is 0.00000256. The second kappa shape index (κ2) is 8.89. The molecule has 0 saturated heterocycles. The summed E-state index contributed by atoms with van der Waals surface area (Å²) in [4.78, 5) is 39.3. The van der Waals surface area contributed by atoms with Crippen LogP contribution in [0.3, 0.4) is 0 Å². The molecule has 9 rings (SSSR count). The van der Waals surface area contributed by atoms with E-state index in [1.165, 1.54) is 0 Å². The zero-order valence-corrected chi connectivity index (χ0v) is 22.3. The fourth-order valence-electron chi connectivity index (χ4n) is 5.46. The molecule has 2 aliphatic rings. The van der Waals surface area contributed by atoms with Gasteiger partial charge in [-0.2, -0.15) is 0 Å². The van der Waals surface area contributed by atoms with Crippen LogP contribution in [0.2, 0.25) is 0 Å². The first-order valence-corrected chi connectivity index (χ1v) is 12.9. The van der Waals surface area contributed by atoms with Gasteiger partial charge in [-0.3, -0.25) is 0 Å². The second-order valence-electron chi connectivity index (χ2n) is 9.67. The summed E-state index contributed by atoms with van der Waals surface area (Å²) in [5.74, 6) is 2.21. The Hall–Kier alpha value is -5.24. The smallest absolute Gasteiger partial charge is 0.357 e.